The number of nitrogens with one attached hydrogen (secondary N) is 2. The fourth-order valence-corrected chi connectivity index (χ4v) is 1.74. The third-order valence-electron chi connectivity index (χ3n) is 2.89. The molecule has 0 aliphatic rings. The third kappa shape index (κ3) is 5.39. The van der Waals surface area contributed by atoms with Gasteiger partial charge in [0.05, 0.1) is 11.5 Å². The van der Waals surface area contributed by atoms with Crippen LogP contribution in [0.4, 0.5) is 11.4 Å². The summed E-state index contributed by atoms with van der Waals surface area (Å²) < 4.78 is 4.88. The van der Waals surface area contributed by atoms with Crippen LogP contribution in [0, 0.1) is 10.1 Å². The Bertz CT molecular complexity index is 491. The van der Waals surface area contributed by atoms with E-state index in [-0.39, 0.29) is 17.2 Å². The van der Waals surface area contributed by atoms with Crippen molar-refractivity contribution in [2.24, 2.45) is 0 Å². The van der Waals surface area contributed by atoms with Crippen molar-refractivity contribution < 1.29 is 14.5 Å². The molecule has 7 nitrogen and oxygen atoms in total. The van der Waals surface area contributed by atoms with Crippen LogP contribution in [-0.2, 0) is 4.74 Å². The summed E-state index contributed by atoms with van der Waals surface area (Å²) in [7, 11) is 1.56. The van der Waals surface area contributed by atoms with Crippen molar-refractivity contribution in [3.8, 4) is 0 Å². The van der Waals surface area contributed by atoms with E-state index in [1.807, 2.05) is 6.92 Å². The number of hydrogen-bond donors (Lipinski definition) is 2. The number of carbonyl (C=O) groups excluding carboxylic acids is 1. The molecule has 0 aromatic heterocycles. The summed E-state index contributed by atoms with van der Waals surface area (Å²) in [5.41, 5.74) is 0.548. The lowest BCUT2D eigenvalue weighted by molar-refractivity contribution is -0.384. The van der Waals surface area contributed by atoms with E-state index in [2.05, 4.69) is 10.6 Å². The predicted octanol–water partition coefficient (Wildman–Crippen LogP) is 2.18. The van der Waals surface area contributed by atoms with Gasteiger partial charge in [0.2, 0.25) is 0 Å². The molecule has 0 spiro atoms. The predicted molar refractivity (Wildman–Crippen MR) is 80.7 cm³/mol. The highest BCUT2D eigenvalue weighted by molar-refractivity contribution is 5.95. The molecule has 116 valence electrons. The lowest BCUT2D eigenvalue weighted by Gasteiger charge is -2.09. The molecular weight excluding hydrogens is 274 g/mol. The second kappa shape index (κ2) is 8.91. The molecule has 0 radical (unpaired) electrons. The summed E-state index contributed by atoms with van der Waals surface area (Å²) in [6, 6.07) is 4.41. The van der Waals surface area contributed by atoms with Gasteiger partial charge < -0.3 is 15.4 Å². The molecule has 0 atom stereocenters. The molecule has 1 rings (SSSR count). The number of anilines is 1. The Kier molecular flexibility index (Phi) is 7.17. The molecule has 0 aliphatic carbocycles. The standard InChI is InChI=1S/C14H21N3O4/c1-3-4-7-16-14(18)11-5-6-12(15-8-9-21-2)13(10-11)17(19)20/h5-6,10,15H,3-4,7-9H2,1-2H3,(H,16,18). The van der Waals surface area contributed by atoms with Gasteiger partial charge in [-0.05, 0) is 18.6 Å². The van der Waals surface area contributed by atoms with Gasteiger partial charge in [0.1, 0.15) is 5.69 Å². The Morgan fingerprint density at radius 2 is 2.14 bits per heavy atom. The first-order valence-electron chi connectivity index (χ1n) is 6.89. The zero-order chi connectivity index (χ0) is 15.7. The van der Waals surface area contributed by atoms with Gasteiger partial charge in [0.15, 0.2) is 0 Å². The van der Waals surface area contributed by atoms with E-state index < -0.39 is 4.92 Å². The average Bonchev–Trinajstić information content (AvgIpc) is 2.47. The topological polar surface area (TPSA) is 93.5 Å². The van der Waals surface area contributed by atoms with E-state index >= 15 is 0 Å². The maximum absolute atomic E-state index is 11.9. The number of nitro benzene ring substituents is 1. The molecule has 2 N–H and O–H groups in total. The maximum Gasteiger partial charge on any atom is 0.293 e. The second-order valence-electron chi connectivity index (χ2n) is 4.52. The van der Waals surface area contributed by atoms with Gasteiger partial charge in [-0.25, -0.2) is 0 Å². The minimum atomic E-state index is -0.502. The molecule has 1 aromatic rings. The number of carbonyl (C=O) groups is 1. The lowest BCUT2D eigenvalue weighted by atomic mass is 10.1. The molecule has 1 aromatic carbocycles. The SMILES string of the molecule is CCCCNC(=O)c1ccc(NCCOC)c([N+](=O)[O-])c1. The van der Waals surface area contributed by atoms with Gasteiger partial charge in [-0.15, -0.1) is 0 Å². The normalized spacial score (nSPS) is 10.2. The van der Waals surface area contributed by atoms with Crippen LogP contribution in [-0.4, -0.2) is 37.6 Å². The number of ether oxygens (including phenoxy) is 1. The fraction of sp³-hybridized carbons (Fsp3) is 0.500. The van der Waals surface area contributed by atoms with Gasteiger partial charge in [-0.1, -0.05) is 13.3 Å². The molecule has 0 bridgehead atoms. The molecular formula is C14H21N3O4. The number of amides is 1. The fourth-order valence-electron chi connectivity index (χ4n) is 1.74. The summed E-state index contributed by atoms with van der Waals surface area (Å²) in [5.74, 6) is -0.296. The van der Waals surface area contributed by atoms with Crippen molar-refractivity contribution in [1.29, 1.82) is 0 Å². The van der Waals surface area contributed by atoms with Crippen LogP contribution in [0.1, 0.15) is 30.1 Å². The number of rotatable bonds is 9. The quantitative estimate of drug-likeness (QED) is 0.414. The Balaban J connectivity index is 2.82. The highest BCUT2D eigenvalue weighted by atomic mass is 16.6. The zero-order valence-corrected chi connectivity index (χ0v) is 12.3. The van der Waals surface area contributed by atoms with Crippen molar-refractivity contribution in [3.63, 3.8) is 0 Å². The molecule has 0 saturated carbocycles. The first-order valence-corrected chi connectivity index (χ1v) is 6.89. The molecule has 0 aliphatic heterocycles. The first kappa shape index (κ1) is 16.9. The second-order valence-corrected chi connectivity index (χ2v) is 4.52. The van der Waals surface area contributed by atoms with E-state index in [0.717, 1.165) is 12.8 Å². The van der Waals surface area contributed by atoms with Crippen LogP contribution in [0.5, 0.6) is 0 Å². The number of benzene rings is 1. The van der Waals surface area contributed by atoms with Crippen LogP contribution < -0.4 is 10.6 Å². The number of hydrogen-bond acceptors (Lipinski definition) is 5. The number of nitrogens with zero attached hydrogens (tertiary/aromatic N) is 1. The molecule has 0 fully saturated rings. The summed E-state index contributed by atoms with van der Waals surface area (Å²) in [5, 5.41) is 16.7. The van der Waals surface area contributed by atoms with Crippen LogP contribution in [0.25, 0.3) is 0 Å². The largest absolute Gasteiger partial charge is 0.383 e. The zero-order valence-electron chi connectivity index (χ0n) is 12.3. The summed E-state index contributed by atoms with van der Waals surface area (Å²) in [6.45, 7) is 3.49. The highest BCUT2D eigenvalue weighted by Crippen LogP contribution is 2.25. The first-order chi connectivity index (χ1) is 10.1. The monoisotopic (exact) mass is 295 g/mol. The molecule has 0 heterocycles. The van der Waals surface area contributed by atoms with E-state index in [9.17, 15) is 14.9 Å². The lowest BCUT2D eigenvalue weighted by Crippen LogP contribution is -2.24. The van der Waals surface area contributed by atoms with Crippen molar-refractivity contribution in [2.45, 2.75) is 19.8 Å². The Labute approximate surface area is 123 Å². The Morgan fingerprint density at radius 1 is 1.38 bits per heavy atom. The third-order valence-corrected chi connectivity index (χ3v) is 2.89. The van der Waals surface area contributed by atoms with Gasteiger partial charge >= 0.3 is 0 Å². The highest BCUT2D eigenvalue weighted by Gasteiger charge is 2.17. The number of methoxy groups -OCH3 is 1. The molecule has 21 heavy (non-hydrogen) atoms. The minimum absolute atomic E-state index is 0.116. The van der Waals surface area contributed by atoms with Gasteiger partial charge in [-0.3, -0.25) is 14.9 Å². The molecule has 0 saturated heterocycles. The average molecular weight is 295 g/mol. The van der Waals surface area contributed by atoms with Crippen LogP contribution in [0.3, 0.4) is 0 Å². The van der Waals surface area contributed by atoms with Gasteiger partial charge in [0, 0.05) is 31.8 Å². The van der Waals surface area contributed by atoms with Crippen LogP contribution in [0.2, 0.25) is 0 Å². The van der Waals surface area contributed by atoms with Crippen LogP contribution >= 0.6 is 0 Å². The Hall–Kier alpha value is -2.15. The minimum Gasteiger partial charge on any atom is -0.383 e. The van der Waals surface area contributed by atoms with Crippen molar-refractivity contribution in [1.82, 2.24) is 5.32 Å². The van der Waals surface area contributed by atoms with Crippen molar-refractivity contribution in [2.75, 3.05) is 32.1 Å². The summed E-state index contributed by atoms with van der Waals surface area (Å²) in [4.78, 5) is 22.5. The molecule has 1 amide bonds. The smallest absolute Gasteiger partial charge is 0.293 e. The summed E-state index contributed by atoms with van der Waals surface area (Å²) >= 11 is 0. The van der Waals surface area contributed by atoms with Gasteiger partial charge in [0.25, 0.3) is 11.6 Å². The molecule has 0 unspecified atom stereocenters. The van der Waals surface area contributed by atoms with E-state index in [0.29, 0.717) is 25.4 Å². The number of nitro groups is 1. The van der Waals surface area contributed by atoms with Gasteiger partial charge in [-0.2, -0.15) is 0 Å². The van der Waals surface area contributed by atoms with Crippen molar-refractivity contribution in [3.05, 3.63) is 33.9 Å². The van der Waals surface area contributed by atoms with E-state index in [4.69, 9.17) is 4.74 Å². The van der Waals surface area contributed by atoms with Crippen LogP contribution in [0.15, 0.2) is 18.2 Å². The molecule has 7 heteroatoms. The Morgan fingerprint density at radius 3 is 2.76 bits per heavy atom. The maximum atomic E-state index is 11.9. The van der Waals surface area contributed by atoms with E-state index in [1.165, 1.54) is 6.07 Å². The van der Waals surface area contributed by atoms with E-state index in [1.54, 1.807) is 19.2 Å². The number of unbranched alkanes of at least 4 members (excludes halogenated alkanes) is 1. The van der Waals surface area contributed by atoms with Crippen molar-refractivity contribution >= 4 is 17.3 Å². The summed E-state index contributed by atoms with van der Waals surface area (Å²) in [6.07, 6.45) is 1.85.